The Bertz CT molecular complexity index is 1640. The van der Waals surface area contributed by atoms with Gasteiger partial charge in [-0.3, -0.25) is 0 Å². The summed E-state index contributed by atoms with van der Waals surface area (Å²) in [5, 5.41) is 9.40. The van der Waals surface area contributed by atoms with Gasteiger partial charge >= 0.3 is 0 Å². The van der Waals surface area contributed by atoms with Crippen molar-refractivity contribution in [1.29, 1.82) is 5.26 Å². The van der Waals surface area contributed by atoms with E-state index in [4.69, 9.17) is 6.57 Å². The fraction of sp³-hybridized carbons (Fsp3) is 0.345. The van der Waals surface area contributed by atoms with Gasteiger partial charge in [-0.05, 0) is 70.0 Å². The quantitative estimate of drug-likeness (QED) is 0.155. The second kappa shape index (κ2) is 11.7. The molecule has 2 heterocycles. The molecule has 1 aliphatic heterocycles. The number of benzene rings is 2. The number of hydrogen-bond donors (Lipinski definition) is 0. The molecule has 39 heavy (non-hydrogen) atoms. The molecule has 2 aromatic carbocycles. The molecular formula is C29H32N6O3S. The molecule has 0 atom stereocenters. The monoisotopic (exact) mass is 544 g/mol. The van der Waals surface area contributed by atoms with E-state index >= 15 is 0 Å². The largest absolute Gasteiger partial charge is 0.748 e. The van der Waals surface area contributed by atoms with Gasteiger partial charge in [0.2, 0.25) is 0 Å². The van der Waals surface area contributed by atoms with Crippen LogP contribution in [0.25, 0.3) is 22.0 Å². The van der Waals surface area contributed by atoms with Crippen LogP contribution >= 0.6 is 0 Å². The maximum atomic E-state index is 11.1. The smallest absolute Gasteiger partial charge is 0.282 e. The predicted molar refractivity (Wildman–Crippen MR) is 152 cm³/mol. The summed E-state index contributed by atoms with van der Waals surface area (Å²) in [5.41, 5.74) is 5.10. The van der Waals surface area contributed by atoms with Gasteiger partial charge in [0.25, 0.3) is 5.82 Å². The molecule has 202 valence electrons. The third-order valence-corrected chi connectivity index (χ3v) is 7.72. The second-order valence-electron chi connectivity index (χ2n) is 9.20. The molecule has 0 N–H and O–H groups in total. The fourth-order valence-corrected chi connectivity index (χ4v) is 5.77. The predicted octanol–water partition coefficient (Wildman–Crippen LogP) is 4.92. The Kier molecular flexibility index (Phi) is 8.39. The molecular weight excluding hydrogens is 512 g/mol. The molecule has 0 spiro atoms. The van der Waals surface area contributed by atoms with E-state index in [1.54, 1.807) is 6.07 Å². The normalized spacial score (nSPS) is 14.4. The molecule has 0 aliphatic carbocycles. The zero-order valence-corrected chi connectivity index (χ0v) is 23.3. The summed E-state index contributed by atoms with van der Waals surface area (Å²) >= 11 is 0. The van der Waals surface area contributed by atoms with E-state index in [-0.39, 0.29) is 6.42 Å². The highest BCUT2D eigenvalue weighted by Crippen LogP contribution is 2.41. The zero-order chi connectivity index (χ0) is 28.2. The van der Waals surface area contributed by atoms with Gasteiger partial charge in [-0.1, -0.05) is 12.1 Å². The number of rotatable bonds is 10. The molecule has 1 aromatic heterocycles. The van der Waals surface area contributed by atoms with E-state index in [1.807, 2.05) is 42.5 Å². The molecule has 0 unspecified atom stereocenters. The van der Waals surface area contributed by atoms with Crippen molar-refractivity contribution in [3.8, 4) is 6.07 Å². The van der Waals surface area contributed by atoms with Crippen LogP contribution in [0.2, 0.25) is 0 Å². The van der Waals surface area contributed by atoms with Gasteiger partial charge in [-0.2, -0.15) is 5.26 Å². The SMILES string of the molecule is [C-]#[N+]c1ccc2c(c1)n(CCCCS(=O)(=O)[O-])c(/C=C/C=C1/N(CC)c3ccc(C#N)cc3N1CC)[n+]2CC. The molecule has 10 heteroatoms. The minimum Gasteiger partial charge on any atom is -0.748 e. The number of anilines is 2. The first kappa shape index (κ1) is 27.9. The Labute approximate surface area is 230 Å². The highest BCUT2D eigenvalue weighted by atomic mass is 32.2. The van der Waals surface area contributed by atoms with Crippen LogP contribution in [-0.2, 0) is 23.2 Å². The van der Waals surface area contributed by atoms with Crippen molar-refractivity contribution >= 4 is 44.3 Å². The van der Waals surface area contributed by atoms with Crippen LogP contribution in [0.5, 0.6) is 0 Å². The molecule has 0 saturated carbocycles. The van der Waals surface area contributed by atoms with Crippen molar-refractivity contribution in [1.82, 2.24) is 4.57 Å². The lowest BCUT2D eigenvalue weighted by molar-refractivity contribution is -0.670. The van der Waals surface area contributed by atoms with Crippen LogP contribution < -0.4 is 14.4 Å². The van der Waals surface area contributed by atoms with E-state index in [0.717, 1.165) is 47.1 Å². The Morgan fingerprint density at radius 3 is 2.46 bits per heavy atom. The highest BCUT2D eigenvalue weighted by Gasteiger charge is 2.29. The highest BCUT2D eigenvalue weighted by molar-refractivity contribution is 7.85. The van der Waals surface area contributed by atoms with Gasteiger partial charge in [0, 0.05) is 24.9 Å². The summed E-state index contributed by atoms with van der Waals surface area (Å²) in [5.74, 6) is 1.55. The van der Waals surface area contributed by atoms with Crippen LogP contribution in [0.4, 0.5) is 17.1 Å². The fourth-order valence-electron chi connectivity index (χ4n) is 5.21. The van der Waals surface area contributed by atoms with Crippen LogP contribution in [0.1, 0.15) is 45.0 Å². The van der Waals surface area contributed by atoms with Gasteiger partial charge in [0.05, 0.1) is 52.8 Å². The van der Waals surface area contributed by atoms with Crippen molar-refractivity contribution in [3.63, 3.8) is 0 Å². The number of imidazole rings is 1. The number of fused-ring (bicyclic) bond motifs is 2. The van der Waals surface area contributed by atoms with Gasteiger partial charge in [0.15, 0.2) is 16.7 Å². The van der Waals surface area contributed by atoms with Gasteiger partial charge in [-0.15, -0.1) is 0 Å². The number of aryl methyl sites for hydroxylation is 2. The number of unbranched alkanes of at least 4 members (excludes halogenated alkanes) is 1. The first-order valence-corrected chi connectivity index (χ1v) is 14.7. The van der Waals surface area contributed by atoms with Crippen molar-refractivity contribution in [2.24, 2.45) is 0 Å². The lowest BCUT2D eigenvalue weighted by Gasteiger charge is -2.23. The average Bonchev–Trinajstić information content (AvgIpc) is 3.40. The van der Waals surface area contributed by atoms with Crippen molar-refractivity contribution < 1.29 is 17.5 Å². The molecule has 9 nitrogen and oxygen atoms in total. The minimum atomic E-state index is -4.26. The Morgan fingerprint density at radius 2 is 1.82 bits per heavy atom. The van der Waals surface area contributed by atoms with Crippen molar-refractivity contribution in [3.05, 3.63) is 77.2 Å². The van der Waals surface area contributed by atoms with E-state index in [0.29, 0.717) is 30.8 Å². The molecule has 0 amide bonds. The summed E-state index contributed by atoms with van der Waals surface area (Å²) in [7, 11) is -4.26. The third-order valence-electron chi connectivity index (χ3n) is 6.93. The van der Waals surface area contributed by atoms with Crippen LogP contribution in [0, 0.1) is 17.9 Å². The lowest BCUT2D eigenvalue weighted by atomic mass is 10.2. The second-order valence-corrected chi connectivity index (χ2v) is 10.7. The first-order chi connectivity index (χ1) is 18.8. The third kappa shape index (κ3) is 5.68. The Balaban J connectivity index is 1.75. The molecule has 4 rings (SSSR count). The number of aromatic nitrogens is 2. The van der Waals surface area contributed by atoms with E-state index in [2.05, 4.69) is 56.7 Å². The standard InChI is InChI=1S/C29H32N6O3S/c1-5-32-24-15-13-22(21-30)19-26(24)34(7-3)28(32)11-10-12-29-33(6-2)25-16-14-23(31-4)20-27(25)35(29)17-8-9-18-39(36,37)38/h10-16,19-20H,5-9,17-18H2,1-3H3. The van der Waals surface area contributed by atoms with Crippen LogP contribution in [0.15, 0.2) is 54.4 Å². The van der Waals surface area contributed by atoms with Crippen molar-refractivity contribution in [2.75, 3.05) is 28.6 Å². The average molecular weight is 545 g/mol. The Morgan fingerprint density at radius 1 is 1.08 bits per heavy atom. The van der Waals surface area contributed by atoms with E-state index in [9.17, 15) is 18.2 Å². The summed E-state index contributed by atoms with van der Waals surface area (Å²) in [6.45, 7) is 16.4. The Hall–Kier alpha value is -4.12. The topological polar surface area (TPSA) is 101 Å². The minimum absolute atomic E-state index is 0.271. The summed E-state index contributed by atoms with van der Waals surface area (Å²) in [6.07, 6.45) is 6.89. The number of nitriles is 1. The maximum Gasteiger partial charge on any atom is 0.282 e. The van der Waals surface area contributed by atoms with Gasteiger partial charge in [-0.25, -0.2) is 22.4 Å². The van der Waals surface area contributed by atoms with E-state index < -0.39 is 15.9 Å². The zero-order valence-electron chi connectivity index (χ0n) is 22.5. The van der Waals surface area contributed by atoms with Gasteiger partial charge in [0.1, 0.15) is 5.82 Å². The number of nitrogens with zero attached hydrogens (tertiary/aromatic N) is 6. The summed E-state index contributed by atoms with van der Waals surface area (Å²) in [6, 6.07) is 13.6. The number of hydrogen-bond acceptors (Lipinski definition) is 6. The summed E-state index contributed by atoms with van der Waals surface area (Å²) in [4.78, 5) is 8.00. The maximum absolute atomic E-state index is 11.1. The molecule has 0 bridgehead atoms. The number of allylic oxidation sites excluding steroid dienone is 2. The van der Waals surface area contributed by atoms with Crippen LogP contribution in [-0.4, -0.2) is 36.4 Å². The molecule has 0 saturated heterocycles. The summed E-state index contributed by atoms with van der Waals surface area (Å²) < 4.78 is 37.6. The molecule has 0 fully saturated rings. The molecule has 3 aromatic rings. The van der Waals surface area contributed by atoms with E-state index in [1.165, 1.54) is 0 Å². The lowest BCUT2D eigenvalue weighted by Crippen LogP contribution is -2.35. The first-order valence-electron chi connectivity index (χ1n) is 13.1. The molecule has 1 aliphatic rings. The van der Waals surface area contributed by atoms with Crippen molar-refractivity contribution in [2.45, 2.75) is 46.7 Å². The molecule has 0 radical (unpaired) electrons. The van der Waals surface area contributed by atoms with Crippen LogP contribution in [0.3, 0.4) is 0 Å². The van der Waals surface area contributed by atoms with Gasteiger partial charge < -0.3 is 14.4 Å².